The summed E-state index contributed by atoms with van der Waals surface area (Å²) in [4.78, 5) is 38.4. The highest BCUT2D eigenvalue weighted by Crippen LogP contribution is 2.19. The molecule has 1 unspecified atom stereocenters. The highest BCUT2D eigenvalue weighted by atomic mass is 16.5. The van der Waals surface area contributed by atoms with Crippen LogP contribution in [0.5, 0.6) is 11.5 Å². The maximum absolute atomic E-state index is 12.3. The van der Waals surface area contributed by atoms with Crippen LogP contribution in [0.25, 0.3) is 0 Å². The van der Waals surface area contributed by atoms with E-state index in [4.69, 9.17) is 14.6 Å². The van der Waals surface area contributed by atoms with E-state index in [1.54, 1.807) is 31.4 Å². The fourth-order valence-electron chi connectivity index (χ4n) is 2.74. The lowest BCUT2D eigenvalue weighted by molar-refractivity contribution is -0.147. The van der Waals surface area contributed by atoms with Gasteiger partial charge in [0, 0.05) is 26.2 Å². The molecule has 26 heavy (non-hydrogen) atoms. The van der Waals surface area contributed by atoms with Gasteiger partial charge in [-0.2, -0.15) is 0 Å². The van der Waals surface area contributed by atoms with Gasteiger partial charge in [0.2, 0.25) is 5.91 Å². The molecule has 1 aromatic rings. The van der Waals surface area contributed by atoms with Crippen LogP contribution in [0.3, 0.4) is 0 Å². The van der Waals surface area contributed by atoms with Crippen molar-refractivity contribution >= 4 is 17.8 Å². The van der Waals surface area contributed by atoms with E-state index in [9.17, 15) is 14.4 Å². The summed E-state index contributed by atoms with van der Waals surface area (Å²) in [6.07, 6.45) is 1.22. The molecule has 1 aromatic carbocycles. The summed E-state index contributed by atoms with van der Waals surface area (Å²) in [6.45, 7) is 0.406. The molecule has 0 saturated carbocycles. The number of rotatable bonds is 7. The van der Waals surface area contributed by atoms with Crippen molar-refractivity contribution in [3.8, 4) is 11.5 Å². The predicted molar refractivity (Wildman–Crippen MR) is 93.1 cm³/mol. The van der Waals surface area contributed by atoms with Crippen LogP contribution >= 0.6 is 0 Å². The summed E-state index contributed by atoms with van der Waals surface area (Å²) in [6, 6.07) is 6.89. The minimum atomic E-state index is -0.890. The van der Waals surface area contributed by atoms with Crippen molar-refractivity contribution in [2.75, 3.05) is 40.4 Å². The molecule has 0 radical (unpaired) electrons. The highest BCUT2D eigenvalue weighted by Gasteiger charge is 2.29. The van der Waals surface area contributed by atoms with E-state index in [1.165, 1.54) is 16.8 Å². The number of carboxylic acid groups (broad SMARTS) is 1. The molecule has 1 aliphatic rings. The van der Waals surface area contributed by atoms with E-state index < -0.39 is 11.9 Å². The van der Waals surface area contributed by atoms with Gasteiger partial charge in [0.15, 0.2) is 6.61 Å². The number of likely N-dealkylation sites (tertiary alicyclic amines) is 1. The van der Waals surface area contributed by atoms with E-state index in [-0.39, 0.29) is 31.5 Å². The standard InChI is InChI=1S/C18H24N2O6/c1-19(11-16(21)20-8-4-5-13(10-20)18(23)24)17(22)12-26-15-7-3-6-14(9-15)25-2/h3,6-7,9,13H,4-5,8,10-12H2,1-2H3,(H,23,24). The Balaban J connectivity index is 1.82. The Morgan fingerprint density at radius 1 is 1.31 bits per heavy atom. The first-order valence-corrected chi connectivity index (χ1v) is 8.42. The minimum Gasteiger partial charge on any atom is -0.497 e. The molecule has 1 N–H and O–H groups in total. The number of carbonyl (C=O) groups excluding carboxylic acids is 2. The second-order valence-corrected chi connectivity index (χ2v) is 6.23. The molecule has 8 heteroatoms. The van der Waals surface area contributed by atoms with Crippen LogP contribution in [0.4, 0.5) is 0 Å². The van der Waals surface area contributed by atoms with Crippen LogP contribution in [0, 0.1) is 5.92 Å². The Labute approximate surface area is 152 Å². The topological polar surface area (TPSA) is 96.4 Å². The molecular weight excluding hydrogens is 340 g/mol. The Morgan fingerprint density at radius 3 is 2.73 bits per heavy atom. The number of ether oxygens (including phenoxy) is 2. The minimum absolute atomic E-state index is 0.105. The maximum atomic E-state index is 12.3. The number of hydrogen-bond donors (Lipinski definition) is 1. The third-order valence-electron chi connectivity index (χ3n) is 4.33. The molecule has 0 bridgehead atoms. The molecule has 2 rings (SSSR count). The zero-order valence-electron chi connectivity index (χ0n) is 15.0. The van der Waals surface area contributed by atoms with E-state index in [2.05, 4.69) is 0 Å². The van der Waals surface area contributed by atoms with Gasteiger partial charge in [-0.1, -0.05) is 6.07 Å². The second kappa shape index (κ2) is 9.07. The van der Waals surface area contributed by atoms with Crippen LogP contribution in [-0.2, 0) is 14.4 Å². The van der Waals surface area contributed by atoms with Crippen molar-refractivity contribution in [3.63, 3.8) is 0 Å². The average molecular weight is 364 g/mol. The Bertz CT molecular complexity index is 663. The number of methoxy groups -OCH3 is 1. The molecule has 1 atom stereocenters. The SMILES string of the molecule is COc1cccc(OCC(=O)N(C)CC(=O)N2CCCC(C(=O)O)C2)c1. The zero-order valence-corrected chi connectivity index (χ0v) is 15.0. The monoisotopic (exact) mass is 364 g/mol. The highest BCUT2D eigenvalue weighted by molar-refractivity contribution is 5.85. The molecule has 1 aliphatic heterocycles. The summed E-state index contributed by atoms with van der Waals surface area (Å²) < 4.78 is 10.5. The van der Waals surface area contributed by atoms with Crippen molar-refractivity contribution in [1.82, 2.24) is 9.80 Å². The molecule has 0 aliphatic carbocycles. The van der Waals surface area contributed by atoms with Gasteiger partial charge in [-0.25, -0.2) is 0 Å². The van der Waals surface area contributed by atoms with Gasteiger partial charge in [0.1, 0.15) is 11.5 Å². The normalized spacial score (nSPS) is 16.7. The quantitative estimate of drug-likeness (QED) is 0.771. The number of carboxylic acids is 1. The predicted octanol–water partition coefficient (Wildman–Crippen LogP) is 0.856. The summed E-state index contributed by atoms with van der Waals surface area (Å²) in [5, 5.41) is 9.10. The van der Waals surface area contributed by atoms with Gasteiger partial charge in [-0.3, -0.25) is 14.4 Å². The molecule has 0 spiro atoms. The number of hydrogen-bond acceptors (Lipinski definition) is 5. The number of nitrogens with zero attached hydrogens (tertiary/aromatic N) is 2. The molecule has 1 heterocycles. The molecule has 0 aromatic heterocycles. The number of aliphatic carboxylic acids is 1. The van der Waals surface area contributed by atoms with Gasteiger partial charge >= 0.3 is 5.97 Å². The fraction of sp³-hybridized carbons (Fsp3) is 0.500. The maximum Gasteiger partial charge on any atom is 0.308 e. The Kier molecular flexibility index (Phi) is 6.82. The first kappa shape index (κ1) is 19.6. The number of piperidine rings is 1. The van der Waals surface area contributed by atoms with E-state index >= 15 is 0 Å². The van der Waals surface area contributed by atoms with Crippen molar-refractivity contribution < 1.29 is 29.0 Å². The van der Waals surface area contributed by atoms with Gasteiger partial charge in [-0.15, -0.1) is 0 Å². The first-order valence-electron chi connectivity index (χ1n) is 8.42. The van der Waals surface area contributed by atoms with Gasteiger partial charge < -0.3 is 24.4 Å². The zero-order chi connectivity index (χ0) is 19.1. The third kappa shape index (κ3) is 5.37. The molecule has 142 valence electrons. The molecular formula is C18H24N2O6. The average Bonchev–Trinajstić information content (AvgIpc) is 2.66. The Hall–Kier alpha value is -2.77. The number of likely N-dealkylation sites (N-methyl/N-ethyl adjacent to an activating group) is 1. The number of benzene rings is 1. The van der Waals surface area contributed by atoms with Crippen LogP contribution in [0.1, 0.15) is 12.8 Å². The van der Waals surface area contributed by atoms with E-state index in [0.29, 0.717) is 30.9 Å². The van der Waals surface area contributed by atoms with Crippen LogP contribution in [-0.4, -0.2) is 73.1 Å². The summed E-state index contributed by atoms with van der Waals surface area (Å²) in [7, 11) is 3.06. The smallest absolute Gasteiger partial charge is 0.308 e. The lowest BCUT2D eigenvalue weighted by Gasteiger charge is -2.32. The number of amides is 2. The van der Waals surface area contributed by atoms with Crippen molar-refractivity contribution in [1.29, 1.82) is 0 Å². The largest absolute Gasteiger partial charge is 0.497 e. The van der Waals surface area contributed by atoms with E-state index in [0.717, 1.165) is 0 Å². The van der Waals surface area contributed by atoms with Crippen molar-refractivity contribution in [2.24, 2.45) is 5.92 Å². The summed E-state index contributed by atoms with van der Waals surface area (Å²) in [5.41, 5.74) is 0. The molecule has 2 amide bonds. The van der Waals surface area contributed by atoms with Crippen molar-refractivity contribution in [3.05, 3.63) is 24.3 Å². The van der Waals surface area contributed by atoms with Crippen molar-refractivity contribution in [2.45, 2.75) is 12.8 Å². The van der Waals surface area contributed by atoms with Crippen LogP contribution in [0.2, 0.25) is 0 Å². The lowest BCUT2D eigenvalue weighted by atomic mass is 9.98. The third-order valence-corrected chi connectivity index (χ3v) is 4.33. The number of carbonyl (C=O) groups is 3. The fourth-order valence-corrected chi connectivity index (χ4v) is 2.74. The van der Waals surface area contributed by atoms with Gasteiger partial charge in [0.25, 0.3) is 5.91 Å². The second-order valence-electron chi connectivity index (χ2n) is 6.23. The first-order chi connectivity index (χ1) is 12.4. The molecule has 1 fully saturated rings. The summed E-state index contributed by atoms with van der Waals surface area (Å²) >= 11 is 0. The van der Waals surface area contributed by atoms with E-state index in [1.807, 2.05) is 0 Å². The molecule has 8 nitrogen and oxygen atoms in total. The van der Waals surface area contributed by atoms with Crippen LogP contribution < -0.4 is 9.47 Å². The van der Waals surface area contributed by atoms with Gasteiger partial charge in [-0.05, 0) is 25.0 Å². The van der Waals surface area contributed by atoms with Crippen LogP contribution in [0.15, 0.2) is 24.3 Å². The van der Waals surface area contributed by atoms with Gasteiger partial charge in [0.05, 0.1) is 19.6 Å². The summed E-state index contributed by atoms with van der Waals surface area (Å²) in [5.74, 6) is -0.904. The molecule has 1 saturated heterocycles. The Morgan fingerprint density at radius 2 is 2.04 bits per heavy atom. The lowest BCUT2D eigenvalue weighted by Crippen LogP contribution is -2.47.